The van der Waals surface area contributed by atoms with Crippen LogP contribution in [0, 0.1) is 17.1 Å². The quantitative estimate of drug-likeness (QED) is 0.800. The summed E-state index contributed by atoms with van der Waals surface area (Å²) in [6.07, 6.45) is 0.908. The lowest BCUT2D eigenvalue weighted by molar-refractivity contribution is 0.603. The highest BCUT2D eigenvalue weighted by Gasteiger charge is 2.10. The minimum atomic E-state index is -3.52. The Hall–Kier alpha value is -1.61. The average molecular weight is 214 g/mol. The summed E-state index contributed by atoms with van der Waals surface area (Å²) in [4.78, 5) is 0. The number of halogens is 1. The fourth-order valence-electron chi connectivity index (χ4n) is 0.897. The number of benzene rings is 1. The average Bonchev–Trinajstić information content (AvgIpc) is 2.06. The first-order valence-electron chi connectivity index (χ1n) is 3.60. The van der Waals surface area contributed by atoms with Crippen molar-refractivity contribution in [3.63, 3.8) is 0 Å². The molecule has 0 fully saturated rings. The molecule has 0 spiro atoms. The van der Waals surface area contributed by atoms with Crippen LogP contribution in [0.25, 0.3) is 0 Å². The Balaban J connectivity index is 3.19. The van der Waals surface area contributed by atoms with Crippen LogP contribution in [0.5, 0.6) is 0 Å². The Morgan fingerprint density at radius 1 is 1.50 bits per heavy atom. The van der Waals surface area contributed by atoms with Gasteiger partial charge in [-0.3, -0.25) is 4.72 Å². The van der Waals surface area contributed by atoms with Gasteiger partial charge in [0, 0.05) is 0 Å². The zero-order chi connectivity index (χ0) is 10.8. The van der Waals surface area contributed by atoms with E-state index in [1.807, 2.05) is 4.72 Å². The summed E-state index contributed by atoms with van der Waals surface area (Å²) in [5.74, 6) is -0.861. The van der Waals surface area contributed by atoms with Crippen LogP contribution in [0.2, 0.25) is 0 Å². The molecule has 0 saturated heterocycles. The third kappa shape index (κ3) is 2.44. The van der Waals surface area contributed by atoms with E-state index in [0.717, 1.165) is 6.26 Å². The smallest absolute Gasteiger partial charge is 0.229 e. The predicted octanol–water partition coefficient (Wildman–Crippen LogP) is 1.07. The lowest BCUT2D eigenvalue weighted by Crippen LogP contribution is -2.11. The van der Waals surface area contributed by atoms with Gasteiger partial charge in [0.15, 0.2) is 5.82 Å². The Morgan fingerprint density at radius 2 is 2.14 bits per heavy atom. The number of anilines is 1. The molecule has 0 aliphatic rings. The van der Waals surface area contributed by atoms with E-state index < -0.39 is 15.8 Å². The molecule has 0 heterocycles. The van der Waals surface area contributed by atoms with Gasteiger partial charge in [0.1, 0.15) is 6.07 Å². The van der Waals surface area contributed by atoms with Crippen LogP contribution in [0.1, 0.15) is 5.56 Å². The standard InChI is InChI=1S/C8H7FN2O2S/c1-14(12,13)11-7-4-2-3-6(5-10)8(7)9/h2-4,11H,1H3. The van der Waals surface area contributed by atoms with E-state index in [0.29, 0.717) is 0 Å². The summed E-state index contributed by atoms with van der Waals surface area (Å²) >= 11 is 0. The summed E-state index contributed by atoms with van der Waals surface area (Å²) in [6.45, 7) is 0. The largest absolute Gasteiger partial charge is 0.281 e. The fraction of sp³-hybridized carbons (Fsp3) is 0.125. The molecule has 0 unspecified atom stereocenters. The molecule has 4 nitrogen and oxygen atoms in total. The Bertz CT molecular complexity index is 491. The summed E-state index contributed by atoms with van der Waals surface area (Å²) in [6, 6.07) is 5.52. The van der Waals surface area contributed by atoms with Crippen LogP contribution in [0.3, 0.4) is 0 Å². The molecule has 1 rings (SSSR count). The number of nitriles is 1. The Labute approximate surface area is 81.0 Å². The van der Waals surface area contributed by atoms with E-state index >= 15 is 0 Å². The molecule has 0 radical (unpaired) electrons. The predicted molar refractivity (Wildman–Crippen MR) is 49.6 cm³/mol. The monoisotopic (exact) mass is 214 g/mol. The maximum absolute atomic E-state index is 13.3. The van der Waals surface area contributed by atoms with Gasteiger partial charge in [-0.05, 0) is 12.1 Å². The highest BCUT2D eigenvalue weighted by molar-refractivity contribution is 7.92. The Kier molecular flexibility index (Phi) is 2.72. The van der Waals surface area contributed by atoms with Gasteiger partial charge in [0.25, 0.3) is 0 Å². The van der Waals surface area contributed by atoms with Crippen LogP contribution in [-0.4, -0.2) is 14.7 Å². The summed E-state index contributed by atoms with van der Waals surface area (Å²) in [7, 11) is -3.52. The van der Waals surface area contributed by atoms with Gasteiger partial charge in [0.05, 0.1) is 17.5 Å². The van der Waals surface area contributed by atoms with Crippen molar-refractivity contribution in [3.05, 3.63) is 29.6 Å². The zero-order valence-electron chi connectivity index (χ0n) is 7.28. The van der Waals surface area contributed by atoms with Gasteiger partial charge >= 0.3 is 0 Å². The summed E-state index contributed by atoms with van der Waals surface area (Å²) < 4.78 is 36.8. The van der Waals surface area contributed by atoms with Crippen LogP contribution >= 0.6 is 0 Å². The second-order valence-corrected chi connectivity index (χ2v) is 4.40. The van der Waals surface area contributed by atoms with E-state index in [9.17, 15) is 12.8 Å². The van der Waals surface area contributed by atoms with Crippen molar-refractivity contribution >= 4 is 15.7 Å². The molecule has 1 aromatic carbocycles. The molecule has 0 saturated carbocycles. The topological polar surface area (TPSA) is 70.0 Å². The van der Waals surface area contributed by atoms with Crippen LogP contribution in [0.4, 0.5) is 10.1 Å². The maximum Gasteiger partial charge on any atom is 0.229 e. The van der Waals surface area contributed by atoms with Crippen molar-refractivity contribution in [1.29, 1.82) is 5.26 Å². The minimum absolute atomic E-state index is 0.196. The van der Waals surface area contributed by atoms with Gasteiger partial charge in [-0.25, -0.2) is 12.8 Å². The number of nitrogens with zero attached hydrogens (tertiary/aromatic N) is 1. The normalized spacial score (nSPS) is 10.6. The van der Waals surface area contributed by atoms with Gasteiger partial charge in [-0.2, -0.15) is 5.26 Å². The SMILES string of the molecule is CS(=O)(=O)Nc1cccc(C#N)c1F. The lowest BCUT2D eigenvalue weighted by Gasteiger charge is -2.04. The highest BCUT2D eigenvalue weighted by atomic mass is 32.2. The van der Waals surface area contributed by atoms with Gasteiger partial charge < -0.3 is 0 Å². The molecule has 0 amide bonds. The summed E-state index contributed by atoms with van der Waals surface area (Å²) in [5.41, 5.74) is -0.412. The third-order valence-corrected chi connectivity index (χ3v) is 2.01. The second-order valence-electron chi connectivity index (χ2n) is 2.65. The van der Waals surface area contributed by atoms with E-state index in [-0.39, 0.29) is 11.3 Å². The van der Waals surface area contributed by atoms with Crippen LogP contribution in [0.15, 0.2) is 18.2 Å². The minimum Gasteiger partial charge on any atom is -0.281 e. The number of sulfonamides is 1. The third-order valence-electron chi connectivity index (χ3n) is 1.41. The molecule has 14 heavy (non-hydrogen) atoms. The molecular formula is C8H7FN2O2S. The first kappa shape index (κ1) is 10.5. The number of hydrogen-bond acceptors (Lipinski definition) is 3. The molecule has 74 valence electrons. The first-order valence-corrected chi connectivity index (χ1v) is 5.49. The Morgan fingerprint density at radius 3 is 2.64 bits per heavy atom. The van der Waals surface area contributed by atoms with Gasteiger partial charge in [0.2, 0.25) is 10.0 Å². The zero-order valence-corrected chi connectivity index (χ0v) is 8.10. The van der Waals surface area contributed by atoms with Crippen LogP contribution in [-0.2, 0) is 10.0 Å². The van der Waals surface area contributed by atoms with Crippen molar-refractivity contribution in [1.82, 2.24) is 0 Å². The summed E-state index contributed by atoms with van der Waals surface area (Å²) in [5, 5.41) is 8.47. The van der Waals surface area contributed by atoms with Gasteiger partial charge in [-0.1, -0.05) is 6.07 Å². The van der Waals surface area contributed by atoms with Gasteiger partial charge in [-0.15, -0.1) is 0 Å². The lowest BCUT2D eigenvalue weighted by atomic mass is 10.2. The molecule has 0 bridgehead atoms. The second kappa shape index (κ2) is 3.64. The maximum atomic E-state index is 13.3. The molecule has 1 aromatic rings. The molecule has 0 aliphatic carbocycles. The fourth-order valence-corrected chi connectivity index (χ4v) is 1.45. The molecule has 6 heteroatoms. The van der Waals surface area contributed by atoms with Crippen LogP contribution < -0.4 is 4.72 Å². The number of nitrogens with one attached hydrogen (secondary N) is 1. The van der Waals surface area contributed by atoms with Crippen molar-refractivity contribution in [2.45, 2.75) is 0 Å². The number of rotatable bonds is 2. The molecule has 0 atom stereocenters. The molecule has 0 aromatic heterocycles. The molecule has 0 aliphatic heterocycles. The molecule has 1 N–H and O–H groups in total. The van der Waals surface area contributed by atoms with E-state index in [2.05, 4.69) is 0 Å². The first-order chi connectivity index (χ1) is 6.44. The van der Waals surface area contributed by atoms with E-state index in [4.69, 9.17) is 5.26 Å². The van der Waals surface area contributed by atoms with Crippen molar-refractivity contribution < 1.29 is 12.8 Å². The van der Waals surface area contributed by atoms with Crippen molar-refractivity contribution in [2.75, 3.05) is 11.0 Å². The van der Waals surface area contributed by atoms with Crippen molar-refractivity contribution in [2.24, 2.45) is 0 Å². The van der Waals surface area contributed by atoms with Crippen molar-refractivity contribution in [3.8, 4) is 6.07 Å². The van der Waals surface area contributed by atoms with E-state index in [1.54, 1.807) is 6.07 Å². The van der Waals surface area contributed by atoms with E-state index in [1.165, 1.54) is 18.2 Å². The highest BCUT2D eigenvalue weighted by Crippen LogP contribution is 2.17. The number of hydrogen-bond donors (Lipinski definition) is 1. The molecular weight excluding hydrogens is 207 g/mol.